The van der Waals surface area contributed by atoms with E-state index in [1.807, 2.05) is 20.8 Å². The van der Waals surface area contributed by atoms with Crippen LogP contribution in [-0.4, -0.2) is 39.4 Å². The fourth-order valence-electron chi connectivity index (χ4n) is 1.95. The molecule has 0 bridgehead atoms. The fourth-order valence-corrected chi connectivity index (χ4v) is 1.95. The summed E-state index contributed by atoms with van der Waals surface area (Å²) in [5, 5.41) is 17.8. The lowest BCUT2D eigenvalue weighted by atomic mass is 10.1. The zero-order valence-electron chi connectivity index (χ0n) is 9.03. The predicted molar refractivity (Wildman–Crippen MR) is 53.2 cm³/mol. The monoisotopic (exact) mass is 201 g/mol. The third-order valence-corrected chi connectivity index (χ3v) is 2.65. The van der Waals surface area contributed by atoms with E-state index >= 15 is 0 Å². The number of aliphatic hydroxyl groups excluding tert-OH is 1. The van der Waals surface area contributed by atoms with Crippen molar-refractivity contribution >= 4 is 6.09 Å². The molecule has 1 rings (SSSR count). The molecular weight excluding hydrogens is 182 g/mol. The van der Waals surface area contributed by atoms with Gasteiger partial charge in [-0.1, -0.05) is 0 Å². The second kappa shape index (κ2) is 3.77. The Kier molecular flexibility index (Phi) is 3.04. The van der Waals surface area contributed by atoms with E-state index in [-0.39, 0.29) is 18.2 Å². The molecule has 2 atom stereocenters. The Labute approximate surface area is 84.5 Å². The third-order valence-electron chi connectivity index (χ3n) is 2.65. The van der Waals surface area contributed by atoms with Crippen LogP contribution in [0.5, 0.6) is 0 Å². The molecule has 0 radical (unpaired) electrons. The van der Waals surface area contributed by atoms with Gasteiger partial charge in [-0.25, -0.2) is 4.79 Å². The number of carbonyl (C=O) groups is 1. The van der Waals surface area contributed by atoms with Crippen LogP contribution >= 0.6 is 0 Å². The molecule has 0 spiro atoms. The van der Waals surface area contributed by atoms with Crippen LogP contribution in [0.15, 0.2) is 0 Å². The summed E-state index contributed by atoms with van der Waals surface area (Å²) >= 11 is 0. The second-order valence-corrected chi connectivity index (χ2v) is 4.90. The zero-order chi connectivity index (χ0) is 10.9. The summed E-state index contributed by atoms with van der Waals surface area (Å²) in [7, 11) is 0. The third kappa shape index (κ3) is 2.38. The van der Waals surface area contributed by atoms with Crippen molar-refractivity contribution in [3.63, 3.8) is 0 Å². The first-order chi connectivity index (χ1) is 6.38. The number of carboxylic acid groups (broad SMARTS) is 1. The van der Waals surface area contributed by atoms with Gasteiger partial charge >= 0.3 is 6.09 Å². The van der Waals surface area contributed by atoms with E-state index in [4.69, 9.17) is 10.2 Å². The Hall–Kier alpha value is -0.770. The molecule has 1 amide bonds. The maximum absolute atomic E-state index is 11.0. The van der Waals surface area contributed by atoms with Gasteiger partial charge in [-0.2, -0.15) is 0 Å². The first-order valence-electron chi connectivity index (χ1n) is 5.01. The van der Waals surface area contributed by atoms with Gasteiger partial charge in [0.2, 0.25) is 0 Å². The van der Waals surface area contributed by atoms with Crippen molar-refractivity contribution in [3.8, 4) is 0 Å². The lowest BCUT2D eigenvalue weighted by Crippen LogP contribution is -2.47. The van der Waals surface area contributed by atoms with E-state index in [1.54, 1.807) is 0 Å². The van der Waals surface area contributed by atoms with Crippen LogP contribution in [0.4, 0.5) is 4.79 Å². The Morgan fingerprint density at radius 2 is 2.07 bits per heavy atom. The molecule has 14 heavy (non-hydrogen) atoms. The molecule has 1 fully saturated rings. The van der Waals surface area contributed by atoms with Crippen molar-refractivity contribution in [2.24, 2.45) is 5.92 Å². The van der Waals surface area contributed by atoms with Crippen molar-refractivity contribution in [2.45, 2.75) is 45.2 Å². The lowest BCUT2D eigenvalue weighted by molar-refractivity contribution is 0.0904. The zero-order valence-corrected chi connectivity index (χ0v) is 9.03. The van der Waals surface area contributed by atoms with Gasteiger partial charge in [0.25, 0.3) is 0 Å². The van der Waals surface area contributed by atoms with Crippen LogP contribution in [0, 0.1) is 5.92 Å². The molecule has 0 aromatic rings. The topological polar surface area (TPSA) is 60.8 Å². The van der Waals surface area contributed by atoms with Crippen molar-refractivity contribution in [1.82, 2.24) is 4.90 Å². The molecule has 0 aromatic heterocycles. The summed E-state index contributed by atoms with van der Waals surface area (Å²) in [6.07, 6.45) is 0.747. The first kappa shape index (κ1) is 11.3. The van der Waals surface area contributed by atoms with Crippen molar-refractivity contribution in [2.75, 3.05) is 6.61 Å². The number of nitrogens with zero attached hydrogens (tertiary/aromatic N) is 1. The Bertz CT molecular complexity index is 222. The summed E-state index contributed by atoms with van der Waals surface area (Å²) in [5.74, 6) is 0.357. The van der Waals surface area contributed by atoms with Crippen LogP contribution < -0.4 is 0 Å². The van der Waals surface area contributed by atoms with Gasteiger partial charge in [0.05, 0.1) is 0 Å². The molecule has 1 aliphatic rings. The summed E-state index contributed by atoms with van der Waals surface area (Å²) in [4.78, 5) is 12.5. The predicted octanol–water partition coefficient (Wildman–Crippen LogP) is 1.54. The smallest absolute Gasteiger partial charge is 0.407 e. The average Bonchev–Trinajstić information content (AvgIpc) is 2.64. The van der Waals surface area contributed by atoms with Gasteiger partial charge in [-0.05, 0) is 39.5 Å². The number of aliphatic hydroxyl groups is 1. The number of rotatable bonds is 3. The SMILES string of the molecule is CC(C)(C)N(C(=O)O)[C@@H]1C[C@H]1CCO. The Balaban J connectivity index is 2.59. The minimum absolute atomic E-state index is 0.111. The molecule has 0 unspecified atom stereocenters. The minimum atomic E-state index is -0.858. The first-order valence-corrected chi connectivity index (χ1v) is 5.01. The summed E-state index contributed by atoms with van der Waals surface area (Å²) < 4.78 is 0. The highest BCUT2D eigenvalue weighted by Gasteiger charge is 2.47. The van der Waals surface area contributed by atoms with Gasteiger partial charge in [0, 0.05) is 18.2 Å². The highest BCUT2D eigenvalue weighted by Crippen LogP contribution is 2.41. The highest BCUT2D eigenvalue weighted by atomic mass is 16.4. The highest BCUT2D eigenvalue weighted by molar-refractivity contribution is 5.67. The van der Waals surface area contributed by atoms with Crippen LogP contribution in [0.25, 0.3) is 0 Å². The maximum Gasteiger partial charge on any atom is 0.407 e. The summed E-state index contributed by atoms with van der Waals surface area (Å²) in [6, 6.07) is 0.111. The Morgan fingerprint density at radius 1 is 1.50 bits per heavy atom. The number of hydrogen-bond donors (Lipinski definition) is 2. The Morgan fingerprint density at radius 3 is 2.43 bits per heavy atom. The largest absolute Gasteiger partial charge is 0.465 e. The maximum atomic E-state index is 11.0. The van der Waals surface area contributed by atoms with Crippen LogP contribution in [0.2, 0.25) is 0 Å². The van der Waals surface area contributed by atoms with Gasteiger partial charge in [-0.3, -0.25) is 0 Å². The van der Waals surface area contributed by atoms with E-state index in [1.165, 1.54) is 4.90 Å². The van der Waals surface area contributed by atoms with E-state index < -0.39 is 6.09 Å². The van der Waals surface area contributed by atoms with E-state index in [2.05, 4.69) is 0 Å². The van der Waals surface area contributed by atoms with E-state index in [0.29, 0.717) is 12.3 Å². The normalized spacial score (nSPS) is 26.0. The standard InChI is InChI=1S/C10H19NO3/c1-10(2,3)11(9(13)14)8-6-7(8)4-5-12/h7-8,12H,4-6H2,1-3H3,(H,13,14)/t7-,8-/m1/s1. The molecule has 1 saturated carbocycles. The molecule has 1 aliphatic carbocycles. The average molecular weight is 201 g/mol. The number of hydrogen-bond acceptors (Lipinski definition) is 2. The number of amides is 1. The van der Waals surface area contributed by atoms with Crippen LogP contribution in [0.3, 0.4) is 0 Å². The van der Waals surface area contributed by atoms with Crippen LogP contribution in [0.1, 0.15) is 33.6 Å². The van der Waals surface area contributed by atoms with Gasteiger partial charge in [0.1, 0.15) is 0 Å². The second-order valence-electron chi connectivity index (χ2n) is 4.90. The minimum Gasteiger partial charge on any atom is -0.465 e. The van der Waals surface area contributed by atoms with Gasteiger partial charge in [-0.15, -0.1) is 0 Å². The lowest BCUT2D eigenvalue weighted by Gasteiger charge is -2.33. The molecule has 82 valence electrons. The van der Waals surface area contributed by atoms with Gasteiger partial charge < -0.3 is 15.1 Å². The molecule has 2 N–H and O–H groups in total. The summed E-state index contributed by atoms with van der Waals surface area (Å²) in [5.41, 5.74) is -0.347. The summed E-state index contributed by atoms with van der Waals surface area (Å²) in [6.45, 7) is 5.85. The van der Waals surface area contributed by atoms with Crippen molar-refractivity contribution in [3.05, 3.63) is 0 Å². The molecule has 0 saturated heterocycles. The van der Waals surface area contributed by atoms with Crippen LogP contribution in [-0.2, 0) is 0 Å². The van der Waals surface area contributed by atoms with Crippen molar-refractivity contribution < 1.29 is 15.0 Å². The van der Waals surface area contributed by atoms with E-state index in [9.17, 15) is 4.79 Å². The van der Waals surface area contributed by atoms with E-state index in [0.717, 1.165) is 6.42 Å². The quantitative estimate of drug-likeness (QED) is 0.728. The van der Waals surface area contributed by atoms with Crippen molar-refractivity contribution in [1.29, 1.82) is 0 Å². The molecule has 4 heteroatoms. The molecule has 0 aliphatic heterocycles. The molecule has 4 nitrogen and oxygen atoms in total. The molecule has 0 heterocycles. The molecule has 0 aromatic carbocycles. The molecular formula is C10H19NO3. The van der Waals surface area contributed by atoms with Gasteiger partial charge in [0.15, 0.2) is 0 Å². The fraction of sp³-hybridized carbons (Fsp3) is 0.900.